The lowest BCUT2D eigenvalue weighted by Crippen LogP contribution is -2.69. The van der Waals surface area contributed by atoms with Crippen molar-refractivity contribution < 1.29 is 9.53 Å². The quantitative estimate of drug-likeness (QED) is 0.570. The zero-order valence-corrected chi connectivity index (χ0v) is 7.95. The molecule has 1 unspecified atom stereocenters. The number of ether oxygens (including phenoxy) is 1. The Morgan fingerprint density at radius 2 is 2.15 bits per heavy atom. The summed E-state index contributed by atoms with van der Waals surface area (Å²) in [6.45, 7) is 4.36. The Bertz CT molecular complexity index is 224. The highest BCUT2D eigenvalue weighted by Gasteiger charge is 2.45. The highest BCUT2D eigenvalue weighted by atomic mass is 16.5. The molecule has 4 nitrogen and oxygen atoms in total. The Kier molecular flexibility index (Phi) is 2.04. The molecule has 2 rings (SSSR count). The lowest BCUT2D eigenvalue weighted by atomic mass is 9.86. The summed E-state index contributed by atoms with van der Waals surface area (Å²) in [5, 5.41) is 0. The third-order valence-corrected chi connectivity index (χ3v) is 3.18. The number of carbonyl (C=O) groups is 1. The molecular weight excluding hydrogens is 168 g/mol. The minimum absolute atomic E-state index is 0.00516. The van der Waals surface area contributed by atoms with Crippen LogP contribution in [0.4, 0.5) is 0 Å². The fourth-order valence-electron chi connectivity index (χ4n) is 2.02. The number of amides is 1. The van der Waals surface area contributed by atoms with Gasteiger partial charge in [0, 0.05) is 25.3 Å². The topological polar surface area (TPSA) is 55.6 Å². The molecule has 2 fully saturated rings. The number of nitrogens with zero attached hydrogens (tertiary/aromatic N) is 1. The Hall–Kier alpha value is -0.610. The van der Waals surface area contributed by atoms with Crippen LogP contribution in [0.1, 0.15) is 19.8 Å². The molecule has 0 spiro atoms. The van der Waals surface area contributed by atoms with Crippen molar-refractivity contribution in [2.75, 3.05) is 19.8 Å². The normalized spacial score (nSPS) is 32.9. The molecule has 0 aromatic rings. The van der Waals surface area contributed by atoms with E-state index in [1.165, 1.54) is 0 Å². The summed E-state index contributed by atoms with van der Waals surface area (Å²) >= 11 is 0. The van der Waals surface area contributed by atoms with E-state index in [1.54, 1.807) is 0 Å². The van der Waals surface area contributed by atoms with Crippen LogP contribution in [0.15, 0.2) is 0 Å². The first-order valence-corrected chi connectivity index (χ1v) is 4.78. The van der Waals surface area contributed by atoms with Crippen LogP contribution < -0.4 is 5.73 Å². The zero-order valence-electron chi connectivity index (χ0n) is 7.95. The number of nitrogens with two attached hydrogens (primary N) is 1. The van der Waals surface area contributed by atoms with Gasteiger partial charge in [-0.1, -0.05) is 0 Å². The first kappa shape index (κ1) is 8.97. The van der Waals surface area contributed by atoms with Gasteiger partial charge in [-0.25, -0.2) is 0 Å². The highest BCUT2D eigenvalue weighted by Crippen LogP contribution is 2.31. The summed E-state index contributed by atoms with van der Waals surface area (Å²) in [4.78, 5) is 13.3. The van der Waals surface area contributed by atoms with Gasteiger partial charge < -0.3 is 15.4 Å². The van der Waals surface area contributed by atoms with Gasteiger partial charge in [-0.2, -0.15) is 0 Å². The molecule has 0 aromatic heterocycles. The first-order chi connectivity index (χ1) is 6.13. The molecule has 2 saturated heterocycles. The van der Waals surface area contributed by atoms with Crippen molar-refractivity contribution in [3.05, 3.63) is 0 Å². The summed E-state index contributed by atoms with van der Waals surface area (Å²) in [5.74, 6) is 0.101. The summed E-state index contributed by atoms with van der Waals surface area (Å²) in [7, 11) is 0. The Labute approximate surface area is 78.0 Å². The van der Waals surface area contributed by atoms with E-state index in [4.69, 9.17) is 10.5 Å². The predicted molar refractivity (Wildman–Crippen MR) is 48.1 cm³/mol. The molecule has 0 aliphatic carbocycles. The molecule has 2 aliphatic rings. The van der Waals surface area contributed by atoms with Crippen LogP contribution >= 0.6 is 0 Å². The standard InChI is InChI=1S/C9H16N2O2/c1-9(2-4-13-5-3-9)11-6-7(10)8(11)12/h7H,2-6,10H2,1H3. The molecule has 4 heteroatoms. The van der Waals surface area contributed by atoms with Gasteiger partial charge >= 0.3 is 0 Å². The van der Waals surface area contributed by atoms with Crippen LogP contribution in [0.25, 0.3) is 0 Å². The van der Waals surface area contributed by atoms with Crippen LogP contribution in [0.3, 0.4) is 0 Å². The lowest BCUT2D eigenvalue weighted by Gasteiger charge is -2.50. The van der Waals surface area contributed by atoms with E-state index in [2.05, 4.69) is 6.92 Å². The number of carbonyl (C=O) groups excluding carboxylic acids is 1. The molecule has 13 heavy (non-hydrogen) atoms. The van der Waals surface area contributed by atoms with Crippen LogP contribution in [0.5, 0.6) is 0 Å². The Morgan fingerprint density at radius 1 is 1.54 bits per heavy atom. The Morgan fingerprint density at radius 3 is 2.62 bits per heavy atom. The molecule has 0 bridgehead atoms. The summed E-state index contributed by atoms with van der Waals surface area (Å²) in [5.41, 5.74) is 5.56. The van der Waals surface area contributed by atoms with E-state index in [-0.39, 0.29) is 17.5 Å². The van der Waals surface area contributed by atoms with Crippen LogP contribution in [-0.2, 0) is 9.53 Å². The molecule has 74 valence electrons. The number of likely N-dealkylation sites (tertiary alicyclic amines) is 1. The van der Waals surface area contributed by atoms with Crippen molar-refractivity contribution in [3.8, 4) is 0 Å². The van der Waals surface area contributed by atoms with E-state index in [1.807, 2.05) is 4.90 Å². The number of rotatable bonds is 1. The summed E-state index contributed by atoms with van der Waals surface area (Å²) in [6, 6.07) is -0.250. The third kappa shape index (κ3) is 1.34. The van der Waals surface area contributed by atoms with Crippen molar-refractivity contribution in [2.24, 2.45) is 5.73 Å². The van der Waals surface area contributed by atoms with E-state index in [9.17, 15) is 4.79 Å². The second-order valence-corrected chi connectivity index (χ2v) is 4.16. The fourth-order valence-corrected chi connectivity index (χ4v) is 2.02. The maximum atomic E-state index is 11.4. The maximum Gasteiger partial charge on any atom is 0.241 e. The van der Waals surface area contributed by atoms with Crippen molar-refractivity contribution in [1.82, 2.24) is 4.90 Å². The number of β-lactam (4-membered cyclic amide) rings is 1. The fraction of sp³-hybridized carbons (Fsp3) is 0.889. The van der Waals surface area contributed by atoms with Gasteiger partial charge in [0.1, 0.15) is 6.04 Å². The second kappa shape index (κ2) is 2.96. The predicted octanol–water partition coefficient (Wildman–Crippen LogP) is -0.275. The van der Waals surface area contributed by atoms with Crippen LogP contribution in [0.2, 0.25) is 0 Å². The largest absolute Gasteiger partial charge is 0.381 e. The lowest BCUT2D eigenvalue weighted by molar-refractivity contribution is -0.155. The van der Waals surface area contributed by atoms with Gasteiger partial charge in [0.2, 0.25) is 5.91 Å². The van der Waals surface area contributed by atoms with Gasteiger partial charge in [-0.15, -0.1) is 0 Å². The molecule has 1 atom stereocenters. The monoisotopic (exact) mass is 184 g/mol. The minimum atomic E-state index is -0.250. The number of hydrogen-bond donors (Lipinski definition) is 1. The molecule has 0 aromatic carbocycles. The molecule has 0 saturated carbocycles. The van der Waals surface area contributed by atoms with Crippen molar-refractivity contribution in [3.63, 3.8) is 0 Å². The second-order valence-electron chi connectivity index (χ2n) is 4.16. The molecule has 2 heterocycles. The Balaban J connectivity index is 2.02. The van der Waals surface area contributed by atoms with Crippen molar-refractivity contribution >= 4 is 5.91 Å². The van der Waals surface area contributed by atoms with Crippen molar-refractivity contribution in [1.29, 1.82) is 0 Å². The number of hydrogen-bond acceptors (Lipinski definition) is 3. The molecular formula is C9H16N2O2. The maximum absolute atomic E-state index is 11.4. The van der Waals surface area contributed by atoms with Gasteiger partial charge in [0.05, 0.1) is 0 Å². The average molecular weight is 184 g/mol. The van der Waals surface area contributed by atoms with E-state index < -0.39 is 0 Å². The van der Waals surface area contributed by atoms with E-state index >= 15 is 0 Å². The van der Waals surface area contributed by atoms with Crippen LogP contribution in [-0.4, -0.2) is 42.1 Å². The van der Waals surface area contributed by atoms with Gasteiger partial charge in [-0.05, 0) is 19.8 Å². The molecule has 1 amide bonds. The highest BCUT2D eigenvalue weighted by molar-refractivity contribution is 5.88. The van der Waals surface area contributed by atoms with Crippen LogP contribution in [0, 0.1) is 0 Å². The van der Waals surface area contributed by atoms with Gasteiger partial charge in [0.25, 0.3) is 0 Å². The van der Waals surface area contributed by atoms with E-state index in [0.717, 1.165) is 32.6 Å². The average Bonchev–Trinajstić information content (AvgIpc) is 2.14. The van der Waals surface area contributed by atoms with Gasteiger partial charge in [0.15, 0.2) is 0 Å². The first-order valence-electron chi connectivity index (χ1n) is 4.78. The van der Waals surface area contributed by atoms with E-state index in [0.29, 0.717) is 0 Å². The minimum Gasteiger partial charge on any atom is -0.381 e. The third-order valence-electron chi connectivity index (χ3n) is 3.18. The SMILES string of the molecule is CC1(N2CC(N)C2=O)CCOCC1. The van der Waals surface area contributed by atoms with Crippen molar-refractivity contribution in [2.45, 2.75) is 31.3 Å². The smallest absolute Gasteiger partial charge is 0.241 e. The molecule has 0 radical (unpaired) electrons. The molecule has 2 N–H and O–H groups in total. The zero-order chi connectivity index (χ0) is 9.47. The summed E-state index contributed by atoms with van der Waals surface area (Å²) < 4.78 is 5.28. The molecule has 2 aliphatic heterocycles. The van der Waals surface area contributed by atoms with Gasteiger partial charge in [-0.3, -0.25) is 4.79 Å². The summed E-state index contributed by atoms with van der Waals surface area (Å²) in [6.07, 6.45) is 1.87.